The van der Waals surface area contributed by atoms with Gasteiger partial charge in [0.05, 0.1) is 0 Å². The first kappa shape index (κ1) is 13.0. The summed E-state index contributed by atoms with van der Waals surface area (Å²) in [5.41, 5.74) is -0.349. The number of allylic oxidation sites excluding steroid dienone is 1. The van der Waals surface area contributed by atoms with Crippen LogP contribution in [0, 0.1) is 5.41 Å². The van der Waals surface area contributed by atoms with Crippen LogP contribution in [0.25, 0.3) is 0 Å². The van der Waals surface area contributed by atoms with E-state index in [4.69, 9.17) is 7.59 Å². The molecular formula is C9H15InO3. The molecule has 0 rings (SSSR count). The molecule has 0 heterocycles. The van der Waals surface area contributed by atoms with Crippen LogP contribution in [0.5, 0.6) is 0 Å². The van der Waals surface area contributed by atoms with Crippen molar-refractivity contribution in [3.8, 4) is 0 Å². The minimum absolute atomic E-state index is 0.0638. The SMILES string of the molecule is COC/C(=C/C(=O)C(C)(C)C)[O][In]. The Kier molecular flexibility index (Phi) is 5.72. The molecule has 0 fully saturated rings. The molecular weight excluding hydrogens is 271 g/mol. The van der Waals surface area contributed by atoms with Crippen molar-refractivity contribution in [1.82, 2.24) is 0 Å². The molecule has 0 bridgehead atoms. The second kappa shape index (κ2) is 5.70. The molecule has 0 atom stereocenters. The number of methoxy groups -OCH3 is 1. The van der Waals surface area contributed by atoms with Crippen LogP contribution in [-0.4, -0.2) is 44.3 Å². The quantitative estimate of drug-likeness (QED) is 0.576. The summed E-state index contributed by atoms with van der Waals surface area (Å²) in [5, 5.41) is 0. The van der Waals surface area contributed by atoms with E-state index in [1.807, 2.05) is 20.8 Å². The van der Waals surface area contributed by atoms with Gasteiger partial charge in [0.2, 0.25) is 0 Å². The van der Waals surface area contributed by atoms with Gasteiger partial charge in [0.15, 0.2) is 0 Å². The number of ether oxygens (including phenoxy) is 1. The third-order valence-electron chi connectivity index (χ3n) is 1.47. The average molecular weight is 286 g/mol. The van der Waals surface area contributed by atoms with E-state index in [1.165, 1.54) is 6.08 Å². The Hall–Kier alpha value is 0.0401. The van der Waals surface area contributed by atoms with Gasteiger partial charge in [0, 0.05) is 0 Å². The predicted octanol–water partition coefficient (Wildman–Crippen LogP) is 1.23. The normalized spacial score (nSPS) is 12.8. The van der Waals surface area contributed by atoms with Crippen molar-refractivity contribution < 1.29 is 12.4 Å². The molecule has 4 heteroatoms. The molecule has 0 aromatic heterocycles. The van der Waals surface area contributed by atoms with Gasteiger partial charge < -0.3 is 0 Å². The molecule has 0 saturated carbocycles. The first-order valence-electron chi connectivity index (χ1n) is 4.02. The van der Waals surface area contributed by atoms with Gasteiger partial charge in [-0.15, -0.1) is 0 Å². The molecule has 13 heavy (non-hydrogen) atoms. The zero-order valence-electron chi connectivity index (χ0n) is 8.59. The number of hydrogen-bond acceptors (Lipinski definition) is 3. The summed E-state index contributed by atoms with van der Waals surface area (Å²) in [6.07, 6.45) is 1.52. The maximum atomic E-state index is 11.5. The summed E-state index contributed by atoms with van der Waals surface area (Å²) in [7, 11) is 1.58. The van der Waals surface area contributed by atoms with E-state index in [2.05, 4.69) is 0 Å². The second-order valence-corrected chi connectivity index (χ2v) is 4.45. The van der Waals surface area contributed by atoms with E-state index in [9.17, 15) is 4.79 Å². The molecule has 0 unspecified atom stereocenters. The van der Waals surface area contributed by atoms with Crippen LogP contribution in [-0.2, 0) is 12.4 Å². The van der Waals surface area contributed by atoms with Gasteiger partial charge in [-0.05, 0) is 0 Å². The monoisotopic (exact) mass is 286 g/mol. The van der Waals surface area contributed by atoms with E-state index in [-0.39, 0.29) is 11.2 Å². The Balaban J connectivity index is 4.42. The van der Waals surface area contributed by atoms with E-state index >= 15 is 0 Å². The Morgan fingerprint density at radius 2 is 2.00 bits per heavy atom. The third kappa shape index (κ3) is 5.37. The number of hydrogen-bond donors (Lipinski definition) is 0. The van der Waals surface area contributed by atoms with Crippen molar-refractivity contribution in [2.24, 2.45) is 5.41 Å². The molecule has 0 amide bonds. The molecule has 0 saturated heterocycles. The second-order valence-electron chi connectivity index (χ2n) is 3.78. The van der Waals surface area contributed by atoms with Crippen molar-refractivity contribution in [2.45, 2.75) is 20.8 Å². The standard InChI is InChI=1S/C9H16O3.In/c1-9(2,3)8(11)5-7(10)6-12-4;/h5,10H,6H2,1-4H3;/q;+1/p-1/b7-5-;. The van der Waals surface area contributed by atoms with Crippen LogP contribution in [0.3, 0.4) is 0 Å². The number of carbonyl (C=O) groups is 1. The van der Waals surface area contributed by atoms with Crippen LogP contribution in [0.15, 0.2) is 11.8 Å². The molecule has 0 spiro atoms. The fraction of sp³-hybridized carbons (Fsp3) is 0.667. The van der Waals surface area contributed by atoms with Crippen LogP contribution in [0.4, 0.5) is 0 Å². The summed E-state index contributed by atoms with van der Waals surface area (Å²) in [6.45, 7) is 6.00. The van der Waals surface area contributed by atoms with Gasteiger partial charge in [-0.2, -0.15) is 0 Å². The van der Waals surface area contributed by atoms with Gasteiger partial charge in [0.25, 0.3) is 0 Å². The summed E-state index contributed by atoms with van der Waals surface area (Å²) >= 11 is 0.639. The molecule has 0 aromatic rings. The van der Waals surface area contributed by atoms with Gasteiger partial charge in [-0.25, -0.2) is 0 Å². The Bertz CT molecular complexity index is 203. The fourth-order valence-electron chi connectivity index (χ4n) is 0.615. The third-order valence-corrected chi connectivity index (χ3v) is 2.33. The summed E-state index contributed by atoms with van der Waals surface area (Å²) < 4.78 is 9.99. The molecule has 0 N–H and O–H groups in total. The summed E-state index contributed by atoms with van der Waals surface area (Å²) in [6, 6.07) is 0. The maximum absolute atomic E-state index is 11.5. The van der Waals surface area contributed by atoms with Crippen molar-refractivity contribution in [1.29, 1.82) is 0 Å². The molecule has 3 nitrogen and oxygen atoms in total. The molecule has 0 aliphatic carbocycles. The number of carbonyl (C=O) groups excluding carboxylic acids is 1. The van der Waals surface area contributed by atoms with E-state index in [1.54, 1.807) is 7.11 Å². The molecule has 2 radical (unpaired) electrons. The van der Waals surface area contributed by atoms with E-state index in [0.717, 1.165) is 0 Å². The van der Waals surface area contributed by atoms with Crippen molar-refractivity contribution in [3.05, 3.63) is 11.8 Å². The van der Waals surface area contributed by atoms with E-state index < -0.39 is 0 Å². The topological polar surface area (TPSA) is 35.5 Å². The Labute approximate surface area is 94.7 Å². The molecule has 0 aliphatic rings. The Morgan fingerprint density at radius 1 is 1.46 bits per heavy atom. The Morgan fingerprint density at radius 3 is 2.31 bits per heavy atom. The van der Waals surface area contributed by atoms with Gasteiger partial charge >= 0.3 is 94.7 Å². The van der Waals surface area contributed by atoms with Crippen LogP contribution in [0.1, 0.15) is 20.8 Å². The van der Waals surface area contributed by atoms with Crippen LogP contribution >= 0.6 is 0 Å². The number of rotatable bonds is 4. The molecule has 0 aliphatic heterocycles. The van der Waals surface area contributed by atoms with E-state index in [0.29, 0.717) is 37.2 Å². The summed E-state index contributed by atoms with van der Waals surface area (Å²) in [5.74, 6) is 0.679. The first-order valence-corrected chi connectivity index (χ1v) is 5.37. The minimum atomic E-state index is -0.349. The zero-order chi connectivity index (χ0) is 10.5. The number of ketones is 1. The van der Waals surface area contributed by atoms with Gasteiger partial charge in [0.1, 0.15) is 0 Å². The van der Waals surface area contributed by atoms with Gasteiger partial charge in [-0.3, -0.25) is 0 Å². The molecule has 72 valence electrons. The first-order chi connectivity index (χ1) is 5.91. The average Bonchev–Trinajstić information content (AvgIpc) is 2.01. The van der Waals surface area contributed by atoms with Crippen LogP contribution < -0.4 is 0 Å². The van der Waals surface area contributed by atoms with Crippen molar-refractivity contribution >= 4 is 30.6 Å². The van der Waals surface area contributed by atoms with Gasteiger partial charge in [-0.1, -0.05) is 0 Å². The zero-order valence-corrected chi connectivity index (χ0v) is 11.9. The van der Waals surface area contributed by atoms with Crippen molar-refractivity contribution in [3.63, 3.8) is 0 Å². The fourth-order valence-corrected chi connectivity index (χ4v) is 1.00. The van der Waals surface area contributed by atoms with Crippen LogP contribution in [0.2, 0.25) is 0 Å². The summed E-state index contributed by atoms with van der Waals surface area (Å²) in [4.78, 5) is 11.5. The van der Waals surface area contributed by atoms with Crippen molar-refractivity contribution in [2.75, 3.05) is 13.7 Å². The molecule has 0 aromatic carbocycles. The predicted molar refractivity (Wildman–Crippen MR) is 51.3 cm³/mol.